The van der Waals surface area contributed by atoms with Gasteiger partial charge in [0, 0.05) is 32.0 Å². The minimum Gasteiger partial charge on any atom is -0.454 e. The minimum absolute atomic E-state index is 0.0771. The molecule has 0 radical (unpaired) electrons. The molecule has 2 amide bonds. The summed E-state index contributed by atoms with van der Waals surface area (Å²) in [5.41, 5.74) is 3.38. The lowest BCUT2D eigenvalue weighted by molar-refractivity contribution is -0.127. The Hall–Kier alpha value is -4.97. The van der Waals surface area contributed by atoms with Crippen LogP contribution in [0.1, 0.15) is 24.7 Å². The van der Waals surface area contributed by atoms with Gasteiger partial charge >= 0.3 is 0 Å². The Bertz CT molecular complexity index is 1790. The van der Waals surface area contributed by atoms with Gasteiger partial charge in [-0.15, -0.1) is 5.10 Å². The molecule has 0 aliphatic carbocycles. The first kappa shape index (κ1) is 26.0. The van der Waals surface area contributed by atoms with E-state index in [4.69, 9.17) is 19.2 Å². The number of aryl methyl sites for hydroxylation is 1. The van der Waals surface area contributed by atoms with Crippen LogP contribution in [0.25, 0.3) is 22.1 Å². The third-order valence-corrected chi connectivity index (χ3v) is 7.71. The van der Waals surface area contributed by atoms with E-state index in [1.165, 1.54) is 9.58 Å². The first-order valence-corrected chi connectivity index (χ1v) is 13.9. The number of benzene rings is 3. The first-order chi connectivity index (χ1) is 20.6. The van der Waals surface area contributed by atoms with E-state index < -0.39 is 6.04 Å². The number of nitrogens with zero attached hydrogens (tertiary/aromatic N) is 6. The number of amides is 2. The standard InChI is InChI=1S/C30H29N7O5/c1-35-23-10-4-2-8-21(23)32-29(35)28(30(39)31-16-20-7-6-14-40-20)37(19-12-13-25-26(15-19)42-18-41-25)27(38)17-36-24-11-5-3-9-22(24)33-34-36/h2-5,8-13,15,20,28H,6-7,14,16-18H2,1H3,(H,31,39)/t20-,28+/m1/s1. The van der Waals surface area contributed by atoms with Gasteiger partial charge in [-0.05, 0) is 49.2 Å². The van der Waals surface area contributed by atoms with Crippen LogP contribution in [0.2, 0.25) is 0 Å². The summed E-state index contributed by atoms with van der Waals surface area (Å²) in [6.45, 7) is 0.917. The molecule has 2 aliphatic heterocycles. The van der Waals surface area contributed by atoms with Gasteiger partial charge in [-0.2, -0.15) is 0 Å². The quantitative estimate of drug-likeness (QED) is 0.303. The highest BCUT2D eigenvalue weighted by atomic mass is 16.7. The van der Waals surface area contributed by atoms with Gasteiger partial charge in [0.2, 0.25) is 12.7 Å². The first-order valence-electron chi connectivity index (χ1n) is 13.9. The van der Waals surface area contributed by atoms with E-state index in [0.29, 0.717) is 52.7 Å². The van der Waals surface area contributed by atoms with Crippen LogP contribution in [0, 0.1) is 0 Å². The number of carbonyl (C=O) groups excluding carboxylic acids is 2. The Morgan fingerprint density at radius 2 is 1.81 bits per heavy atom. The molecule has 0 saturated carbocycles. The normalized spacial score (nSPS) is 16.6. The molecule has 12 heteroatoms. The van der Waals surface area contributed by atoms with E-state index >= 15 is 0 Å². The fourth-order valence-corrected chi connectivity index (χ4v) is 5.59. The number of hydrogen-bond acceptors (Lipinski definition) is 8. The van der Waals surface area contributed by atoms with Crippen molar-refractivity contribution in [2.75, 3.05) is 24.8 Å². The van der Waals surface area contributed by atoms with Gasteiger partial charge in [0.25, 0.3) is 5.91 Å². The van der Waals surface area contributed by atoms with Gasteiger partial charge in [-0.1, -0.05) is 29.5 Å². The number of imidazole rings is 1. The molecular weight excluding hydrogens is 538 g/mol. The molecule has 0 bridgehead atoms. The van der Waals surface area contributed by atoms with Crippen LogP contribution < -0.4 is 19.7 Å². The lowest BCUT2D eigenvalue weighted by Crippen LogP contribution is -2.47. The van der Waals surface area contributed by atoms with Crippen molar-refractivity contribution in [2.45, 2.75) is 31.5 Å². The van der Waals surface area contributed by atoms with Crippen LogP contribution in [-0.2, 0) is 27.9 Å². The number of nitrogens with one attached hydrogen (secondary N) is 1. The van der Waals surface area contributed by atoms with Gasteiger partial charge in [-0.25, -0.2) is 9.67 Å². The molecule has 5 aromatic rings. The third-order valence-electron chi connectivity index (χ3n) is 7.71. The monoisotopic (exact) mass is 567 g/mol. The topological polar surface area (TPSA) is 126 Å². The Kier molecular flexibility index (Phi) is 6.67. The second kappa shape index (κ2) is 10.8. The van der Waals surface area contributed by atoms with Crippen LogP contribution in [0.3, 0.4) is 0 Å². The summed E-state index contributed by atoms with van der Waals surface area (Å²) in [5, 5.41) is 11.5. The van der Waals surface area contributed by atoms with Crippen molar-refractivity contribution in [2.24, 2.45) is 7.05 Å². The Balaban J connectivity index is 1.34. The number of ether oxygens (including phenoxy) is 3. The van der Waals surface area contributed by atoms with Crippen LogP contribution >= 0.6 is 0 Å². The highest BCUT2D eigenvalue weighted by Gasteiger charge is 2.37. The summed E-state index contributed by atoms with van der Waals surface area (Å²) in [6, 6.07) is 19.1. The molecule has 42 heavy (non-hydrogen) atoms. The fraction of sp³-hybridized carbons (Fsp3) is 0.300. The third kappa shape index (κ3) is 4.69. The molecule has 1 N–H and O–H groups in total. The number of fused-ring (bicyclic) bond motifs is 3. The van der Waals surface area contributed by atoms with Crippen LogP contribution in [-0.4, -0.2) is 62.4 Å². The van der Waals surface area contributed by atoms with Gasteiger partial charge in [0.15, 0.2) is 17.5 Å². The number of para-hydroxylation sites is 3. The van der Waals surface area contributed by atoms with Crippen molar-refractivity contribution in [3.8, 4) is 11.5 Å². The molecule has 2 aromatic heterocycles. The van der Waals surface area contributed by atoms with Crippen molar-refractivity contribution in [3.05, 3.63) is 72.6 Å². The van der Waals surface area contributed by atoms with E-state index in [2.05, 4.69) is 15.6 Å². The molecule has 12 nitrogen and oxygen atoms in total. The van der Waals surface area contributed by atoms with Crippen LogP contribution in [0.15, 0.2) is 66.7 Å². The number of anilines is 1. The zero-order valence-corrected chi connectivity index (χ0v) is 23.0. The summed E-state index contributed by atoms with van der Waals surface area (Å²) in [4.78, 5) is 34.9. The Morgan fingerprint density at radius 3 is 2.62 bits per heavy atom. The number of carbonyl (C=O) groups is 2. The average molecular weight is 568 g/mol. The molecule has 0 unspecified atom stereocenters. The smallest absolute Gasteiger partial charge is 0.251 e. The SMILES string of the molecule is Cn1c([C@@H](C(=O)NC[C@H]2CCCO2)N(C(=O)Cn2nnc3ccccc32)c2ccc3c(c2)OCO3)nc2ccccc21. The van der Waals surface area contributed by atoms with Crippen molar-refractivity contribution in [1.29, 1.82) is 0 Å². The largest absolute Gasteiger partial charge is 0.454 e. The maximum absolute atomic E-state index is 14.4. The number of aromatic nitrogens is 5. The van der Waals surface area contributed by atoms with Gasteiger partial charge < -0.3 is 24.1 Å². The molecule has 2 aliphatic rings. The van der Waals surface area contributed by atoms with E-state index in [1.54, 1.807) is 18.2 Å². The number of rotatable bonds is 8. The molecule has 214 valence electrons. The molecule has 1 saturated heterocycles. The number of hydrogen-bond donors (Lipinski definition) is 1. The fourth-order valence-electron chi connectivity index (χ4n) is 5.59. The lowest BCUT2D eigenvalue weighted by Gasteiger charge is -2.31. The van der Waals surface area contributed by atoms with Crippen molar-refractivity contribution >= 4 is 39.6 Å². The van der Waals surface area contributed by atoms with Gasteiger partial charge in [0.05, 0.1) is 22.7 Å². The average Bonchev–Trinajstić information content (AvgIpc) is 3.82. The second-order valence-electron chi connectivity index (χ2n) is 10.3. The summed E-state index contributed by atoms with van der Waals surface area (Å²) in [5.74, 6) is 0.707. The van der Waals surface area contributed by atoms with Gasteiger partial charge in [-0.3, -0.25) is 14.5 Å². The summed E-state index contributed by atoms with van der Waals surface area (Å²) >= 11 is 0. The van der Waals surface area contributed by atoms with E-state index in [1.807, 2.05) is 60.1 Å². The molecule has 2 atom stereocenters. The van der Waals surface area contributed by atoms with Crippen LogP contribution in [0.5, 0.6) is 11.5 Å². The predicted molar refractivity (Wildman–Crippen MR) is 153 cm³/mol. The highest BCUT2D eigenvalue weighted by Crippen LogP contribution is 2.38. The van der Waals surface area contributed by atoms with Crippen LogP contribution in [0.4, 0.5) is 5.69 Å². The highest BCUT2D eigenvalue weighted by molar-refractivity contribution is 6.02. The maximum Gasteiger partial charge on any atom is 0.251 e. The zero-order valence-electron chi connectivity index (χ0n) is 23.0. The van der Waals surface area contributed by atoms with E-state index in [9.17, 15) is 9.59 Å². The lowest BCUT2D eigenvalue weighted by atomic mass is 10.1. The minimum atomic E-state index is -1.12. The zero-order chi connectivity index (χ0) is 28.6. The van der Waals surface area contributed by atoms with Crippen molar-refractivity contribution in [3.63, 3.8) is 0 Å². The van der Waals surface area contributed by atoms with E-state index in [-0.39, 0.29) is 31.3 Å². The second-order valence-corrected chi connectivity index (χ2v) is 10.3. The molecular formula is C30H29N7O5. The summed E-state index contributed by atoms with van der Waals surface area (Å²) < 4.78 is 20.3. The van der Waals surface area contributed by atoms with Gasteiger partial charge in [0.1, 0.15) is 17.9 Å². The molecule has 4 heterocycles. The predicted octanol–water partition coefficient (Wildman–Crippen LogP) is 3.12. The Labute approximate surface area is 240 Å². The molecule has 0 spiro atoms. The molecule has 7 rings (SSSR count). The summed E-state index contributed by atoms with van der Waals surface area (Å²) in [6.07, 6.45) is 1.73. The molecule has 3 aromatic carbocycles. The summed E-state index contributed by atoms with van der Waals surface area (Å²) in [7, 11) is 1.85. The molecule has 1 fully saturated rings. The Morgan fingerprint density at radius 1 is 1.02 bits per heavy atom. The van der Waals surface area contributed by atoms with E-state index in [0.717, 1.165) is 18.4 Å². The van der Waals surface area contributed by atoms with Crippen molar-refractivity contribution in [1.82, 2.24) is 29.9 Å². The maximum atomic E-state index is 14.4. The van der Waals surface area contributed by atoms with Crippen molar-refractivity contribution < 1.29 is 23.8 Å².